The summed E-state index contributed by atoms with van der Waals surface area (Å²) in [6.45, 7) is 15.0. The number of rotatable bonds is 2. The van der Waals surface area contributed by atoms with E-state index in [4.69, 9.17) is 13.9 Å². The average molecular weight is 455 g/mol. The molecule has 4 aliphatic rings. The Morgan fingerprint density at radius 3 is 2.25 bits per heavy atom. The van der Waals surface area contributed by atoms with Gasteiger partial charge in [0.2, 0.25) is 8.32 Å². The molecular formula is C26H34O5Si. The lowest BCUT2D eigenvalue weighted by Gasteiger charge is -2.44. The third-order valence-electron chi connectivity index (χ3n) is 8.25. The maximum absolute atomic E-state index is 13.6. The fourth-order valence-corrected chi connectivity index (χ4v) is 6.89. The SMILES string of the molecule is CC1(C)OC2CC3C(=C(O[Si](C)(C)C(C)(C)C)CC4C(=O)c5ccccc5C(=O)C43)C2O1. The molecule has 3 aliphatic carbocycles. The number of allylic oxidation sites excluding steroid dienone is 1. The van der Waals surface area contributed by atoms with E-state index in [1.165, 1.54) is 0 Å². The Morgan fingerprint density at radius 2 is 1.62 bits per heavy atom. The van der Waals surface area contributed by atoms with E-state index in [-0.39, 0.29) is 46.6 Å². The van der Waals surface area contributed by atoms with E-state index < -0.39 is 14.1 Å². The quantitative estimate of drug-likeness (QED) is 0.551. The predicted molar refractivity (Wildman–Crippen MR) is 124 cm³/mol. The standard InChI is InChI=1S/C26H34O5Si/c1-25(2,3)32(6,7)31-18-13-17-20(23(28)15-11-9-8-10-14(15)22(17)27)16-12-19-24(21(16)18)30-26(4,5)29-19/h8-11,16-17,19-20,24H,12-13H2,1-7H3. The summed E-state index contributed by atoms with van der Waals surface area (Å²) in [6.07, 6.45) is 0.836. The van der Waals surface area contributed by atoms with Gasteiger partial charge in [-0.1, -0.05) is 45.0 Å². The fraction of sp³-hybridized carbons (Fsp3) is 0.615. The van der Waals surface area contributed by atoms with E-state index in [9.17, 15) is 9.59 Å². The first-order valence-electron chi connectivity index (χ1n) is 11.8. The lowest BCUT2D eigenvalue weighted by atomic mass is 9.63. The van der Waals surface area contributed by atoms with E-state index in [2.05, 4.69) is 33.9 Å². The Kier molecular flexibility index (Phi) is 4.74. The maximum atomic E-state index is 13.6. The molecule has 5 rings (SSSR count). The van der Waals surface area contributed by atoms with Gasteiger partial charge in [0.15, 0.2) is 17.4 Å². The molecule has 1 heterocycles. The van der Waals surface area contributed by atoms with Crippen LogP contribution in [0, 0.1) is 17.8 Å². The van der Waals surface area contributed by atoms with Gasteiger partial charge in [0, 0.05) is 35.0 Å². The van der Waals surface area contributed by atoms with E-state index in [1.807, 2.05) is 26.0 Å². The van der Waals surface area contributed by atoms with Crippen LogP contribution in [0.25, 0.3) is 0 Å². The maximum Gasteiger partial charge on any atom is 0.250 e. The van der Waals surface area contributed by atoms with Gasteiger partial charge in [-0.15, -0.1) is 0 Å². The van der Waals surface area contributed by atoms with Crippen LogP contribution in [0.2, 0.25) is 18.1 Å². The van der Waals surface area contributed by atoms with Crippen molar-refractivity contribution in [1.29, 1.82) is 0 Å². The van der Waals surface area contributed by atoms with Crippen LogP contribution in [0.15, 0.2) is 35.6 Å². The number of fused-ring (bicyclic) bond motifs is 6. The van der Waals surface area contributed by atoms with Crippen LogP contribution in [-0.4, -0.2) is 37.9 Å². The molecule has 5 nitrogen and oxygen atoms in total. The molecule has 5 atom stereocenters. The summed E-state index contributed by atoms with van der Waals surface area (Å²) in [5, 5.41) is 0.0240. The van der Waals surface area contributed by atoms with Gasteiger partial charge in [-0.05, 0) is 44.3 Å². The minimum atomic E-state index is -2.15. The average Bonchev–Trinajstić information content (AvgIpc) is 3.16. The second kappa shape index (κ2) is 6.87. The van der Waals surface area contributed by atoms with Crippen molar-refractivity contribution in [3.8, 4) is 0 Å². The topological polar surface area (TPSA) is 61.8 Å². The number of Topliss-reactive ketones (excluding diaryl/α,β-unsaturated/α-hetero) is 2. The third-order valence-corrected chi connectivity index (χ3v) is 12.6. The summed E-state index contributed by atoms with van der Waals surface area (Å²) >= 11 is 0. The van der Waals surface area contributed by atoms with Crippen LogP contribution in [0.5, 0.6) is 0 Å². The predicted octanol–water partition coefficient (Wildman–Crippen LogP) is 5.52. The number of carbonyl (C=O) groups is 2. The molecule has 0 N–H and O–H groups in total. The monoisotopic (exact) mass is 454 g/mol. The van der Waals surface area contributed by atoms with Gasteiger partial charge in [0.1, 0.15) is 6.10 Å². The summed E-state index contributed by atoms with van der Waals surface area (Å²) < 4.78 is 19.4. The first kappa shape index (κ1) is 22.1. The molecule has 1 aliphatic heterocycles. The molecule has 1 aromatic rings. The second-order valence-corrected chi connectivity index (χ2v) is 16.5. The summed E-state index contributed by atoms with van der Waals surface area (Å²) in [5.74, 6) is -0.442. The van der Waals surface area contributed by atoms with Crippen LogP contribution < -0.4 is 0 Å². The van der Waals surface area contributed by atoms with Gasteiger partial charge < -0.3 is 13.9 Å². The number of ether oxygens (including phenoxy) is 2. The van der Waals surface area contributed by atoms with Gasteiger partial charge in [0.25, 0.3) is 0 Å². The van der Waals surface area contributed by atoms with E-state index in [0.717, 1.165) is 11.3 Å². The molecule has 6 heteroatoms. The Morgan fingerprint density at radius 1 is 1.00 bits per heavy atom. The van der Waals surface area contributed by atoms with E-state index >= 15 is 0 Å². The van der Waals surface area contributed by atoms with Crippen molar-refractivity contribution >= 4 is 19.9 Å². The van der Waals surface area contributed by atoms with Crippen LogP contribution in [0.4, 0.5) is 0 Å². The van der Waals surface area contributed by atoms with Crippen LogP contribution in [0.3, 0.4) is 0 Å². The molecule has 0 radical (unpaired) electrons. The lowest BCUT2D eigenvalue weighted by Crippen LogP contribution is -2.47. The molecular weight excluding hydrogens is 420 g/mol. The van der Waals surface area contributed by atoms with Crippen molar-refractivity contribution < 1.29 is 23.5 Å². The van der Waals surface area contributed by atoms with Crippen LogP contribution in [0.1, 0.15) is 68.2 Å². The molecule has 1 saturated heterocycles. The minimum absolute atomic E-state index is 0.0240. The van der Waals surface area contributed by atoms with Gasteiger partial charge in [-0.25, -0.2) is 0 Å². The van der Waals surface area contributed by atoms with Crippen LogP contribution >= 0.6 is 0 Å². The Hall–Kier alpha value is -1.76. The van der Waals surface area contributed by atoms with Crippen LogP contribution in [-0.2, 0) is 13.9 Å². The van der Waals surface area contributed by atoms with Crippen molar-refractivity contribution in [2.75, 3.05) is 0 Å². The number of benzene rings is 1. The molecule has 32 heavy (non-hydrogen) atoms. The van der Waals surface area contributed by atoms with E-state index in [0.29, 0.717) is 24.0 Å². The number of ketones is 2. The van der Waals surface area contributed by atoms with Crippen molar-refractivity contribution in [2.24, 2.45) is 17.8 Å². The first-order chi connectivity index (χ1) is 14.8. The van der Waals surface area contributed by atoms with Crippen molar-refractivity contribution in [3.05, 3.63) is 46.7 Å². The highest BCUT2D eigenvalue weighted by Crippen LogP contribution is 2.56. The van der Waals surface area contributed by atoms with Gasteiger partial charge >= 0.3 is 0 Å². The molecule has 5 unspecified atom stereocenters. The van der Waals surface area contributed by atoms with Crippen molar-refractivity contribution in [2.45, 2.75) is 83.6 Å². The Balaban J connectivity index is 1.62. The molecule has 0 amide bonds. The number of hydrogen-bond donors (Lipinski definition) is 0. The first-order valence-corrected chi connectivity index (χ1v) is 14.7. The normalized spacial score (nSPS) is 33.5. The number of hydrogen-bond acceptors (Lipinski definition) is 5. The second-order valence-electron chi connectivity index (χ2n) is 11.8. The van der Waals surface area contributed by atoms with Crippen molar-refractivity contribution in [3.63, 3.8) is 0 Å². The molecule has 1 aromatic carbocycles. The Bertz CT molecular complexity index is 1030. The molecule has 0 aromatic heterocycles. The third kappa shape index (κ3) is 3.17. The molecule has 0 bridgehead atoms. The van der Waals surface area contributed by atoms with Crippen molar-refractivity contribution in [1.82, 2.24) is 0 Å². The molecule has 2 fully saturated rings. The minimum Gasteiger partial charge on any atom is -0.546 e. The highest BCUT2D eigenvalue weighted by Gasteiger charge is 2.60. The summed E-state index contributed by atoms with van der Waals surface area (Å²) in [4.78, 5) is 27.2. The zero-order chi connectivity index (χ0) is 23.2. The molecule has 0 spiro atoms. The van der Waals surface area contributed by atoms with Gasteiger partial charge in [0.05, 0.1) is 11.9 Å². The summed E-state index contributed by atoms with van der Waals surface area (Å²) in [6, 6.07) is 7.26. The van der Waals surface area contributed by atoms with E-state index in [1.54, 1.807) is 12.1 Å². The summed E-state index contributed by atoms with van der Waals surface area (Å²) in [7, 11) is -2.15. The zero-order valence-electron chi connectivity index (χ0n) is 20.2. The van der Waals surface area contributed by atoms with Gasteiger partial charge in [-0.3, -0.25) is 9.59 Å². The fourth-order valence-electron chi connectivity index (χ4n) is 5.77. The van der Waals surface area contributed by atoms with Gasteiger partial charge in [-0.2, -0.15) is 0 Å². The Labute approximate surface area is 191 Å². The molecule has 1 saturated carbocycles. The highest BCUT2D eigenvalue weighted by atomic mass is 28.4. The summed E-state index contributed by atoms with van der Waals surface area (Å²) in [5.41, 5.74) is 2.19. The largest absolute Gasteiger partial charge is 0.546 e. The molecule has 172 valence electrons. The smallest absolute Gasteiger partial charge is 0.250 e. The number of carbonyl (C=O) groups excluding carboxylic acids is 2. The highest BCUT2D eigenvalue weighted by molar-refractivity contribution is 6.74. The lowest BCUT2D eigenvalue weighted by molar-refractivity contribution is -0.150. The zero-order valence-corrected chi connectivity index (χ0v) is 21.2.